The molecule has 0 saturated heterocycles. The number of carbonyl (C=O) groups excluding carboxylic acids is 1. The Morgan fingerprint density at radius 3 is 2.90 bits per heavy atom. The summed E-state index contributed by atoms with van der Waals surface area (Å²) >= 11 is 0. The SMILES string of the molecule is COC(=O)c1ccc(-c2ccc3nnc(CC4CNc5ncccc5O4)n3n2)cc1. The number of ether oxygens (including phenoxy) is 2. The summed E-state index contributed by atoms with van der Waals surface area (Å²) in [6, 6.07) is 14.6. The van der Waals surface area contributed by atoms with Crippen molar-refractivity contribution in [2.24, 2.45) is 0 Å². The lowest BCUT2D eigenvalue weighted by Gasteiger charge is -2.25. The normalized spacial score (nSPS) is 15.2. The van der Waals surface area contributed by atoms with E-state index < -0.39 is 0 Å². The minimum Gasteiger partial charge on any atom is -0.484 e. The molecule has 0 amide bonds. The number of hydrogen-bond acceptors (Lipinski definition) is 8. The zero-order valence-corrected chi connectivity index (χ0v) is 16.1. The van der Waals surface area contributed by atoms with Crippen LogP contribution in [0.1, 0.15) is 16.2 Å². The van der Waals surface area contributed by atoms with Gasteiger partial charge in [-0.1, -0.05) is 12.1 Å². The number of pyridine rings is 1. The molecule has 0 aliphatic carbocycles. The lowest BCUT2D eigenvalue weighted by atomic mass is 10.1. The standard InChI is InChI=1S/C21H18N6O3/c1-29-21(28)14-6-4-13(5-7-14)16-8-9-18-24-25-19(27(18)26-16)11-15-12-23-20-17(30-15)3-2-10-22-20/h2-10,15H,11-12H2,1H3,(H,22,23). The molecule has 1 aromatic carbocycles. The molecular formula is C21H18N6O3. The van der Waals surface area contributed by atoms with Crippen molar-refractivity contribution in [1.29, 1.82) is 0 Å². The second-order valence-corrected chi connectivity index (χ2v) is 6.85. The fourth-order valence-corrected chi connectivity index (χ4v) is 3.38. The fraction of sp³-hybridized carbons (Fsp3) is 0.190. The second-order valence-electron chi connectivity index (χ2n) is 6.85. The molecule has 1 N–H and O–H groups in total. The van der Waals surface area contributed by atoms with Crippen LogP contribution in [0.15, 0.2) is 54.7 Å². The van der Waals surface area contributed by atoms with Gasteiger partial charge in [-0.25, -0.2) is 9.78 Å². The van der Waals surface area contributed by atoms with E-state index in [0.29, 0.717) is 30.0 Å². The number of rotatable bonds is 4. The van der Waals surface area contributed by atoms with Crippen molar-refractivity contribution < 1.29 is 14.3 Å². The topological polar surface area (TPSA) is 104 Å². The van der Waals surface area contributed by atoms with E-state index in [9.17, 15) is 4.79 Å². The minimum atomic E-state index is -0.371. The molecule has 0 bridgehead atoms. The number of esters is 1. The van der Waals surface area contributed by atoms with Gasteiger partial charge in [-0.15, -0.1) is 10.2 Å². The number of nitrogens with zero attached hydrogens (tertiary/aromatic N) is 5. The monoisotopic (exact) mass is 402 g/mol. The number of carbonyl (C=O) groups is 1. The van der Waals surface area contributed by atoms with Crippen molar-refractivity contribution in [3.63, 3.8) is 0 Å². The Balaban J connectivity index is 1.40. The number of aromatic nitrogens is 5. The first-order valence-electron chi connectivity index (χ1n) is 9.47. The molecule has 9 nitrogen and oxygen atoms in total. The Morgan fingerprint density at radius 2 is 2.07 bits per heavy atom. The van der Waals surface area contributed by atoms with E-state index in [2.05, 4.69) is 20.5 Å². The molecule has 3 aromatic heterocycles. The quantitative estimate of drug-likeness (QED) is 0.519. The van der Waals surface area contributed by atoms with Gasteiger partial charge in [0.05, 0.1) is 24.9 Å². The molecule has 0 fully saturated rings. The van der Waals surface area contributed by atoms with Crippen molar-refractivity contribution in [2.45, 2.75) is 12.5 Å². The fourth-order valence-electron chi connectivity index (χ4n) is 3.38. The van der Waals surface area contributed by atoms with Crippen LogP contribution in [0, 0.1) is 0 Å². The number of nitrogens with one attached hydrogen (secondary N) is 1. The lowest BCUT2D eigenvalue weighted by Crippen LogP contribution is -2.33. The van der Waals surface area contributed by atoms with Crippen LogP contribution in [0.5, 0.6) is 5.75 Å². The van der Waals surface area contributed by atoms with Gasteiger partial charge in [0.25, 0.3) is 0 Å². The highest BCUT2D eigenvalue weighted by atomic mass is 16.5. The molecule has 0 saturated carbocycles. The van der Waals surface area contributed by atoms with Crippen LogP contribution in [0.3, 0.4) is 0 Å². The number of benzene rings is 1. The van der Waals surface area contributed by atoms with Gasteiger partial charge in [0.2, 0.25) is 0 Å². The Bertz CT molecular complexity index is 1220. The van der Waals surface area contributed by atoms with Gasteiger partial charge in [0.1, 0.15) is 6.10 Å². The average Bonchev–Trinajstić information content (AvgIpc) is 3.20. The van der Waals surface area contributed by atoms with Gasteiger partial charge < -0.3 is 14.8 Å². The van der Waals surface area contributed by atoms with E-state index >= 15 is 0 Å². The van der Waals surface area contributed by atoms with Crippen LogP contribution in [0.25, 0.3) is 16.9 Å². The highest BCUT2D eigenvalue weighted by molar-refractivity contribution is 5.89. The van der Waals surface area contributed by atoms with Crippen molar-refractivity contribution in [1.82, 2.24) is 24.8 Å². The molecule has 5 rings (SSSR count). The maximum Gasteiger partial charge on any atom is 0.337 e. The molecule has 4 aromatic rings. The first kappa shape index (κ1) is 18.0. The predicted octanol–water partition coefficient (Wildman–Crippen LogP) is 2.39. The Kier molecular flexibility index (Phi) is 4.47. The third kappa shape index (κ3) is 3.30. The zero-order valence-electron chi connectivity index (χ0n) is 16.1. The van der Waals surface area contributed by atoms with Crippen LogP contribution in [-0.2, 0) is 11.2 Å². The summed E-state index contributed by atoms with van der Waals surface area (Å²) in [6.45, 7) is 0.619. The van der Waals surface area contributed by atoms with E-state index in [-0.39, 0.29) is 12.1 Å². The van der Waals surface area contributed by atoms with E-state index in [1.807, 2.05) is 36.4 Å². The highest BCUT2D eigenvalue weighted by Gasteiger charge is 2.22. The Hall–Kier alpha value is -4.01. The second kappa shape index (κ2) is 7.43. The highest BCUT2D eigenvalue weighted by Crippen LogP contribution is 2.27. The molecular weight excluding hydrogens is 384 g/mol. The summed E-state index contributed by atoms with van der Waals surface area (Å²) < 4.78 is 12.5. The average molecular weight is 402 g/mol. The number of anilines is 1. The third-order valence-corrected chi connectivity index (χ3v) is 4.90. The van der Waals surface area contributed by atoms with Crippen LogP contribution in [0.2, 0.25) is 0 Å². The molecule has 4 heterocycles. The van der Waals surface area contributed by atoms with Gasteiger partial charge in [-0.3, -0.25) is 0 Å². The minimum absolute atomic E-state index is 0.112. The van der Waals surface area contributed by atoms with Crippen LogP contribution in [0.4, 0.5) is 5.82 Å². The first-order valence-corrected chi connectivity index (χ1v) is 9.47. The van der Waals surface area contributed by atoms with E-state index in [1.165, 1.54) is 7.11 Å². The summed E-state index contributed by atoms with van der Waals surface area (Å²) in [5.41, 5.74) is 2.77. The predicted molar refractivity (Wildman–Crippen MR) is 108 cm³/mol. The lowest BCUT2D eigenvalue weighted by molar-refractivity contribution is 0.0600. The molecule has 30 heavy (non-hydrogen) atoms. The maximum absolute atomic E-state index is 11.6. The third-order valence-electron chi connectivity index (χ3n) is 4.90. The van der Waals surface area contributed by atoms with Crippen LogP contribution in [-0.4, -0.2) is 50.5 Å². The number of fused-ring (bicyclic) bond motifs is 2. The van der Waals surface area contributed by atoms with Crippen molar-refractivity contribution in [3.05, 3.63) is 66.1 Å². The Labute approximate surface area is 171 Å². The zero-order chi connectivity index (χ0) is 20.5. The molecule has 1 atom stereocenters. The van der Waals surface area contributed by atoms with E-state index in [4.69, 9.17) is 14.6 Å². The molecule has 1 unspecified atom stereocenters. The maximum atomic E-state index is 11.6. The first-order chi connectivity index (χ1) is 14.7. The summed E-state index contributed by atoms with van der Waals surface area (Å²) in [6.07, 6.45) is 2.16. The van der Waals surface area contributed by atoms with Gasteiger partial charge in [0.15, 0.2) is 23.0 Å². The van der Waals surface area contributed by atoms with Gasteiger partial charge in [-0.2, -0.15) is 9.61 Å². The summed E-state index contributed by atoms with van der Waals surface area (Å²) in [5, 5.41) is 16.5. The van der Waals surface area contributed by atoms with Crippen LogP contribution < -0.4 is 10.1 Å². The smallest absolute Gasteiger partial charge is 0.337 e. The van der Waals surface area contributed by atoms with E-state index in [1.54, 1.807) is 22.8 Å². The van der Waals surface area contributed by atoms with Crippen molar-refractivity contribution in [3.8, 4) is 17.0 Å². The largest absolute Gasteiger partial charge is 0.484 e. The summed E-state index contributed by atoms with van der Waals surface area (Å²) in [7, 11) is 1.36. The number of hydrogen-bond donors (Lipinski definition) is 1. The Morgan fingerprint density at radius 1 is 1.20 bits per heavy atom. The van der Waals surface area contributed by atoms with Crippen molar-refractivity contribution >= 4 is 17.4 Å². The van der Waals surface area contributed by atoms with Gasteiger partial charge in [-0.05, 0) is 36.4 Å². The molecule has 0 radical (unpaired) electrons. The number of methoxy groups -OCH3 is 1. The van der Waals surface area contributed by atoms with Crippen molar-refractivity contribution in [2.75, 3.05) is 19.0 Å². The molecule has 9 heteroatoms. The molecule has 1 aliphatic rings. The summed E-state index contributed by atoms with van der Waals surface area (Å²) in [4.78, 5) is 15.9. The molecule has 150 valence electrons. The summed E-state index contributed by atoms with van der Waals surface area (Å²) in [5.74, 6) is 1.80. The van der Waals surface area contributed by atoms with Crippen LogP contribution >= 0.6 is 0 Å². The molecule has 0 spiro atoms. The molecule has 1 aliphatic heterocycles. The van der Waals surface area contributed by atoms with E-state index in [0.717, 1.165) is 22.8 Å². The van der Waals surface area contributed by atoms with Gasteiger partial charge in [0, 0.05) is 18.2 Å². The van der Waals surface area contributed by atoms with Gasteiger partial charge >= 0.3 is 5.97 Å².